The van der Waals surface area contributed by atoms with Gasteiger partial charge in [-0.2, -0.15) is 0 Å². The summed E-state index contributed by atoms with van der Waals surface area (Å²) in [7, 11) is 0. The van der Waals surface area contributed by atoms with Crippen molar-refractivity contribution in [2.45, 2.75) is 32.6 Å². The second kappa shape index (κ2) is 2.66. The standard InChI is InChI=1S/C10H17F2N/c1-9(2)3-4-13(7-9)6-8-5-10(8,11)12/h8H,3-7H2,1-2H3. The van der Waals surface area contributed by atoms with Crippen LogP contribution in [0.5, 0.6) is 0 Å². The van der Waals surface area contributed by atoms with Crippen molar-refractivity contribution in [3.63, 3.8) is 0 Å². The molecule has 1 nitrogen and oxygen atoms in total. The summed E-state index contributed by atoms with van der Waals surface area (Å²) in [6.07, 6.45) is 1.26. The molecule has 76 valence electrons. The van der Waals surface area contributed by atoms with Crippen LogP contribution in [0.4, 0.5) is 8.78 Å². The number of nitrogens with zero attached hydrogens (tertiary/aromatic N) is 1. The fourth-order valence-corrected chi connectivity index (χ4v) is 2.16. The molecule has 0 bridgehead atoms. The molecular formula is C10H17F2N. The number of rotatable bonds is 2. The van der Waals surface area contributed by atoms with Gasteiger partial charge in [0, 0.05) is 25.4 Å². The van der Waals surface area contributed by atoms with E-state index in [4.69, 9.17) is 0 Å². The molecule has 2 aliphatic rings. The monoisotopic (exact) mass is 189 g/mol. The molecule has 2 rings (SSSR count). The molecule has 0 aromatic heterocycles. The molecule has 13 heavy (non-hydrogen) atoms. The first-order valence-corrected chi connectivity index (χ1v) is 4.99. The highest BCUT2D eigenvalue weighted by atomic mass is 19.3. The third-order valence-electron chi connectivity index (χ3n) is 3.19. The zero-order valence-electron chi connectivity index (χ0n) is 8.32. The predicted octanol–water partition coefficient (Wildman–Crippen LogP) is 2.37. The van der Waals surface area contributed by atoms with Gasteiger partial charge < -0.3 is 4.90 Å². The number of halogens is 2. The van der Waals surface area contributed by atoms with Crippen LogP contribution >= 0.6 is 0 Å². The Morgan fingerprint density at radius 2 is 2.00 bits per heavy atom. The van der Waals surface area contributed by atoms with Crippen LogP contribution in [0, 0.1) is 11.3 Å². The molecule has 1 heterocycles. The number of hydrogen-bond acceptors (Lipinski definition) is 1. The van der Waals surface area contributed by atoms with Crippen molar-refractivity contribution < 1.29 is 8.78 Å². The second-order valence-electron chi connectivity index (χ2n) is 5.31. The molecule has 1 unspecified atom stereocenters. The fourth-order valence-electron chi connectivity index (χ4n) is 2.16. The zero-order valence-corrected chi connectivity index (χ0v) is 8.32. The zero-order chi connectivity index (χ0) is 9.69. The number of hydrogen-bond donors (Lipinski definition) is 0. The van der Waals surface area contributed by atoms with Crippen LogP contribution in [-0.2, 0) is 0 Å². The van der Waals surface area contributed by atoms with Gasteiger partial charge in [0.15, 0.2) is 0 Å². The van der Waals surface area contributed by atoms with Crippen molar-refractivity contribution in [1.29, 1.82) is 0 Å². The molecule has 0 spiro atoms. The van der Waals surface area contributed by atoms with E-state index in [1.165, 1.54) is 0 Å². The highest BCUT2D eigenvalue weighted by Gasteiger charge is 2.57. The van der Waals surface area contributed by atoms with Crippen LogP contribution in [-0.4, -0.2) is 30.5 Å². The summed E-state index contributed by atoms with van der Waals surface area (Å²) in [4.78, 5) is 2.19. The van der Waals surface area contributed by atoms with E-state index < -0.39 is 5.92 Å². The first kappa shape index (κ1) is 9.38. The maximum absolute atomic E-state index is 12.6. The molecule has 3 heteroatoms. The van der Waals surface area contributed by atoms with Crippen LogP contribution in [0.2, 0.25) is 0 Å². The van der Waals surface area contributed by atoms with Gasteiger partial charge in [0.25, 0.3) is 5.92 Å². The average molecular weight is 189 g/mol. The molecule has 0 radical (unpaired) electrons. The fraction of sp³-hybridized carbons (Fsp3) is 1.00. The SMILES string of the molecule is CC1(C)CCN(CC2CC2(F)F)C1. The van der Waals surface area contributed by atoms with E-state index in [9.17, 15) is 8.78 Å². The molecule has 2 fully saturated rings. The van der Waals surface area contributed by atoms with Crippen molar-refractivity contribution in [3.05, 3.63) is 0 Å². The van der Waals surface area contributed by atoms with Crippen molar-refractivity contribution in [3.8, 4) is 0 Å². The Bertz CT molecular complexity index is 213. The van der Waals surface area contributed by atoms with E-state index in [0.29, 0.717) is 12.0 Å². The molecule has 0 aromatic carbocycles. The maximum atomic E-state index is 12.6. The van der Waals surface area contributed by atoms with Gasteiger partial charge in [0.05, 0.1) is 0 Å². The maximum Gasteiger partial charge on any atom is 0.252 e. The van der Waals surface area contributed by atoms with E-state index >= 15 is 0 Å². The van der Waals surface area contributed by atoms with Crippen molar-refractivity contribution >= 4 is 0 Å². The molecule has 1 atom stereocenters. The second-order valence-corrected chi connectivity index (χ2v) is 5.31. The summed E-state index contributed by atoms with van der Waals surface area (Å²) in [5, 5.41) is 0. The van der Waals surface area contributed by atoms with Crippen molar-refractivity contribution in [2.75, 3.05) is 19.6 Å². The summed E-state index contributed by atoms with van der Waals surface area (Å²) < 4.78 is 25.2. The van der Waals surface area contributed by atoms with E-state index in [0.717, 1.165) is 19.5 Å². The topological polar surface area (TPSA) is 3.24 Å². The predicted molar refractivity (Wildman–Crippen MR) is 47.9 cm³/mol. The quantitative estimate of drug-likeness (QED) is 0.644. The van der Waals surface area contributed by atoms with Gasteiger partial charge in [-0.25, -0.2) is 8.78 Å². The number of alkyl halides is 2. The number of likely N-dealkylation sites (tertiary alicyclic amines) is 1. The molecule has 0 aromatic rings. The molecule has 1 aliphatic carbocycles. The van der Waals surface area contributed by atoms with E-state index in [1.54, 1.807) is 0 Å². The van der Waals surface area contributed by atoms with Gasteiger partial charge in [-0.3, -0.25) is 0 Å². The molecule has 1 saturated carbocycles. The first-order chi connectivity index (χ1) is 5.89. The Labute approximate surface area is 78.1 Å². The normalized spacial score (nSPS) is 36.5. The van der Waals surface area contributed by atoms with Gasteiger partial charge in [-0.1, -0.05) is 13.8 Å². The Hall–Kier alpha value is -0.180. The summed E-state index contributed by atoms with van der Waals surface area (Å²) in [6, 6.07) is 0. The Kier molecular flexibility index (Phi) is 1.92. The summed E-state index contributed by atoms with van der Waals surface area (Å²) in [6.45, 7) is 7.01. The lowest BCUT2D eigenvalue weighted by Crippen LogP contribution is -2.26. The lowest BCUT2D eigenvalue weighted by Gasteiger charge is -2.19. The van der Waals surface area contributed by atoms with Gasteiger partial charge >= 0.3 is 0 Å². The summed E-state index contributed by atoms with van der Waals surface area (Å²) in [5.41, 5.74) is 0.337. The molecule has 1 saturated heterocycles. The summed E-state index contributed by atoms with van der Waals surface area (Å²) >= 11 is 0. The highest BCUT2D eigenvalue weighted by molar-refractivity contribution is 4.98. The van der Waals surface area contributed by atoms with Gasteiger partial charge in [0.2, 0.25) is 0 Å². The lowest BCUT2D eigenvalue weighted by molar-refractivity contribution is 0.0889. The average Bonchev–Trinajstić information content (AvgIpc) is 2.34. The summed E-state index contributed by atoms with van der Waals surface area (Å²) in [5.74, 6) is -2.69. The van der Waals surface area contributed by atoms with Gasteiger partial charge in [0.1, 0.15) is 0 Å². The molecular weight excluding hydrogens is 172 g/mol. The smallest absolute Gasteiger partial charge is 0.252 e. The minimum absolute atomic E-state index is 0.115. The molecule has 1 aliphatic heterocycles. The third-order valence-corrected chi connectivity index (χ3v) is 3.19. The van der Waals surface area contributed by atoms with Crippen LogP contribution in [0.25, 0.3) is 0 Å². The highest BCUT2D eigenvalue weighted by Crippen LogP contribution is 2.49. The minimum atomic E-state index is -2.34. The van der Waals surface area contributed by atoms with Gasteiger partial charge in [-0.15, -0.1) is 0 Å². The molecule has 0 amide bonds. The van der Waals surface area contributed by atoms with Crippen molar-refractivity contribution in [1.82, 2.24) is 4.90 Å². The van der Waals surface area contributed by atoms with Gasteiger partial charge in [-0.05, 0) is 18.4 Å². The lowest BCUT2D eigenvalue weighted by atomic mass is 9.93. The Morgan fingerprint density at radius 3 is 2.38 bits per heavy atom. The van der Waals surface area contributed by atoms with Crippen LogP contribution < -0.4 is 0 Å². The van der Waals surface area contributed by atoms with Crippen molar-refractivity contribution in [2.24, 2.45) is 11.3 Å². The van der Waals surface area contributed by atoms with Crippen LogP contribution in [0.1, 0.15) is 26.7 Å². The van der Waals surface area contributed by atoms with E-state index in [1.807, 2.05) is 0 Å². The first-order valence-electron chi connectivity index (χ1n) is 4.99. The van der Waals surface area contributed by atoms with E-state index in [2.05, 4.69) is 18.7 Å². The largest absolute Gasteiger partial charge is 0.302 e. The van der Waals surface area contributed by atoms with Crippen LogP contribution in [0.15, 0.2) is 0 Å². The Balaban J connectivity index is 1.79. The molecule has 0 N–H and O–H groups in total. The van der Waals surface area contributed by atoms with Crippen LogP contribution in [0.3, 0.4) is 0 Å². The minimum Gasteiger partial charge on any atom is -0.302 e. The van der Waals surface area contributed by atoms with E-state index in [-0.39, 0.29) is 12.3 Å². The third kappa shape index (κ3) is 2.01. The Morgan fingerprint density at radius 1 is 1.38 bits per heavy atom.